The summed E-state index contributed by atoms with van der Waals surface area (Å²) in [5, 5.41) is 7.68. The molecule has 0 aliphatic carbocycles. The van der Waals surface area contributed by atoms with E-state index in [4.69, 9.17) is 0 Å². The number of amides is 2. The highest BCUT2D eigenvalue weighted by Crippen LogP contribution is 2.28. The van der Waals surface area contributed by atoms with Gasteiger partial charge < -0.3 is 9.88 Å². The molecule has 0 radical (unpaired) electrons. The quantitative estimate of drug-likeness (QED) is 0.676. The Kier molecular flexibility index (Phi) is 4.32. The second-order valence-corrected chi connectivity index (χ2v) is 7.37. The molecule has 1 aliphatic heterocycles. The van der Waals surface area contributed by atoms with Gasteiger partial charge in [0.1, 0.15) is 11.5 Å². The summed E-state index contributed by atoms with van der Waals surface area (Å²) in [5.74, 6) is 0.832. The Morgan fingerprint density at radius 3 is 2.81 bits per heavy atom. The SMILES string of the molecule is Cc1cc(NC(=O)N2CCCn3nc(-c4cccn4C)cc32)ccc1Br. The van der Waals surface area contributed by atoms with Crippen molar-refractivity contribution in [3.05, 3.63) is 52.6 Å². The monoisotopic (exact) mass is 413 g/mol. The molecule has 1 aliphatic rings. The number of aryl methyl sites for hydroxylation is 3. The van der Waals surface area contributed by atoms with E-state index in [0.29, 0.717) is 6.54 Å². The molecule has 134 valence electrons. The number of fused-ring (bicyclic) bond motifs is 1. The predicted molar refractivity (Wildman–Crippen MR) is 106 cm³/mol. The van der Waals surface area contributed by atoms with Crippen LogP contribution < -0.4 is 10.2 Å². The summed E-state index contributed by atoms with van der Waals surface area (Å²) in [4.78, 5) is 14.6. The standard InChI is InChI=1S/C19H20BrN5O/c1-13-11-14(6-7-15(13)20)21-19(26)24-9-4-10-25-18(24)12-16(22-25)17-5-3-8-23(17)2/h3,5-8,11-12H,4,9-10H2,1-2H3,(H,21,26). The maximum Gasteiger partial charge on any atom is 0.327 e. The third-order valence-corrected chi connectivity index (χ3v) is 5.54. The molecular formula is C19H20BrN5O. The average Bonchev–Trinajstić information content (AvgIpc) is 3.23. The number of nitrogens with one attached hydrogen (secondary N) is 1. The molecule has 6 nitrogen and oxygen atoms in total. The highest BCUT2D eigenvalue weighted by Gasteiger charge is 2.25. The molecule has 3 heterocycles. The highest BCUT2D eigenvalue weighted by molar-refractivity contribution is 9.10. The first-order valence-electron chi connectivity index (χ1n) is 8.57. The van der Waals surface area contributed by atoms with Gasteiger partial charge in [0.05, 0.1) is 5.69 Å². The fourth-order valence-electron chi connectivity index (χ4n) is 3.25. The largest absolute Gasteiger partial charge is 0.349 e. The molecule has 2 amide bonds. The summed E-state index contributed by atoms with van der Waals surface area (Å²) in [6.45, 7) is 3.50. The lowest BCUT2D eigenvalue weighted by atomic mass is 10.2. The third-order valence-electron chi connectivity index (χ3n) is 4.65. The fraction of sp³-hybridized carbons (Fsp3) is 0.263. The zero-order valence-corrected chi connectivity index (χ0v) is 16.3. The van der Waals surface area contributed by atoms with E-state index in [0.717, 1.165) is 45.9 Å². The van der Waals surface area contributed by atoms with Crippen molar-refractivity contribution in [1.82, 2.24) is 14.3 Å². The Balaban J connectivity index is 1.61. The van der Waals surface area contributed by atoms with Gasteiger partial charge in [0, 0.05) is 42.6 Å². The summed E-state index contributed by atoms with van der Waals surface area (Å²) >= 11 is 3.48. The minimum absolute atomic E-state index is 0.133. The zero-order valence-electron chi connectivity index (χ0n) is 14.7. The second kappa shape index (κ2) is 6.64. The van der Waals surface area contributed by atoms with E-state index in [1.165, 1.54) is 0 Å². The van der Waals surface area contributed by atoms with Crippen molar-refractivity contribution in [2.45, 2.75) is 19.9 Å². The molecule has 0 atom stereocenters. The molecule has 1 N–H and O–H groups in total. The smallest absolute Gasteiger partial charge is 0.327 e. The van der Waals surface area contributed by atoms with Gasteiger partial charge in [0.25, 0.3) is 0 Å². The number of benzene rings is 1. The van der Waals surface area contributed by atoms with Crippen LogP contribution in [0.3, 0.4) is 0 Å². The number of nitrogens with zero attached hydrogens (tertiary/aromatic N) is 4. The first-order chi connectivity index (χ1) is 12.5. The van der Waals surface area contributed by atoms with Gasteiger partial charge in [-0.1, -0.05) is 15.9 Å². The minimum atomic E-state index is -0.133. The first kappa shape index (κ1) is 16.9. The van der Waals surface area contributed by atoms with Crippen molar-refractivity contribution in [3.63, 3.8) is 0 Å². The first-order valence-corrected chi connectivity index (χ1v) is 9.36. The Morgan fingerprint density at radius 2 is 2.08 bits per heavy atom. The fourth-order valence-corrected chi connectivity index (χ4v) is 3.50. The maximum absolute atomic E-state index is 12.8. The Bertz CT molecular complexity index is 974. The van der Waals surface area contributed by atoms with Crippen LogP contribution in [-0.4, -0.2) is 26.9 Å². The van der Waals surface area contributed by atoms with Crippen LogP contribution in [0.1, 0.15) is 12.0 Å². The number of anilines is 2. The molecule has 3 aromatic rings. The number of hydrogen-bond donors (Lipinski definition) is 1. The lowest BCUT2D eigenvalue weighted by Gasteiger charge is -2.27. The van der Waals surface area contributed by atoms with Crippen LogP contribution in [0, 0.1) is 6.92 Å². The van der Waals surface area contributed by atoms with Crippen molar-refractivity contribution in [2.24, 2.45) is 7.05 Å². The van der Waals surface area contributed by atoms with E-state index in [9.17, 15) is 4.79 Å². The van der Waals surface area contributed by atoms with Gasteiger partial charge in [-0.15, -0.1) is 0 Å². The van der Waals surface area contributed by atoms with Crippen molar-refractivity contribution < 1.29 is 4.79 Å². The van der Waals surface area contributed by atoms with Gasteiger partial charge in [-0.25, -0.2) is 9.48 Å². The normalized spacial score (nSPS) is 13.6. The molecule has 2 aromatic heterocycles. The molecule has 0 unspecified atom stereocenters. The molecule has 0 fully saturated rings. The van der Waals surface area contributed by atoms with Crippen LogP contribution >= 0.6 is 15.9 Å². The van der Waals surface area contributed by atoms with Crippen molar-refractivity contribution in [2.75, 3.05) is 16.8 Å². The molecule has 0 spiro atoms. The molecule has 0 saturated heterocycles. The van der Waals surface area contributed by atoms with Crippen molar-refractivity contribution in [3.8, 4) is 11.4 Å². The second-order valence-electron chi connectivity index (χ2n) is 6.51. The molecule has 7 heteroatoms. The van der Waals surface area contributed by atoms with Crippen LogP contribution in [0.25, 0.3) is 11.4 Å². The van der Waals surface area contributed by atoms with Gasteiger partial charge in [0.2, 0.25) is 0 Å². The Morgan fingerprint density at radius 1 is 1.23 bits per heavy atom. The molecular weight excluding hydrogens is 394 g/mol. The minimum Gasteiger partial charge on any atom is -0.349 e. The van der Waals surface area contributed by atoms with Gasteiger partial charge in [-0.3, -0.25) is 4.90 Å². The maximum atomic E-state index is 12.8. The van der Waals surface area contributed by atoms with Crippen LogP contribution in [0.15, 0.2) is 47.1 Å². The number of carbonyl (C=O) groups excluding carboxylic acids is 1. The number of hydrogen-bond acceptors (Lipinski definition) is 2. The lowest BCUT2D eigenvalue weighted by Crippen LogP contribution is -2.40. The predicted octanol–water partition coefficient (Wildman–Crippen LogP) is 4.40. The topological polar surface area (TPSA) is 55.1 Å². The van der Waals surface area contributed by atoms with E-state index in [1.807, 2.05) is 65.8 Å². The van der Waals surface area contributed by atoms with Gasteiger partial charge in [-0.2, -0.15) is 5.10 Å². The van der Waals surface area contributed by atoms with Crippen molar-refractivity contribution >= 4 is 33.5 Å². The average molecular weight is 414 g/mol. The zero-order chi connectivity index (χ0) is 18.3. The van der Waals surface area contributed by atoms with E-state index < -0.39 is 0 Å². The number of urea groups is 1. The van der Waals surface area contributed by atoms with Gasteiger partial charge in [0.15, 0.2) is 0 Å². The Labute approximate surface area is 160 Å². The number of halogens is 1. The van der Waals surface area contributed by atoms with Gasteiger partial charge in [-0.05, 0) is 49.2 Å². The third kappa shape index (κ3) is 3.03. The molecule has 0 bridgehead atoms. The van der Waals surface area contributed by atoms with E-state index >= 15 is 0 Å². The van der Waals surface area contributed by atoms with Crippen LogP contribution in [0.4, 0.5) is 16.3 Å². The molecule has 0 saturated carbocycles. The summed E-state index contributed by atoms with van der Waals surface area (Å²) in [5.41, 5.74) is 3.79. The van der Waals surface area contributed by atoms with Crippen molar-refractivity contribution in [1.29, 1.82) is 0 Å². The number of carbonyl (C=O) groups is 1. The van der Waals surface area contributed by atoms with E-state index in [1.54, 1.807) is 4.90 Å². The number of rotatable bonds is 2. The summed E-state index contributed by atoms with van der Waals surface area (Å²) in [6.07, 6.45) is 2.88. The van der Waals surface area contributed by atoms with E-state index in [2.05, 4.69) is 26.3 Å². The molecule has 1 aromatic carbocycles. The Hall–Kier alpha value is -2.54. The summed E-state index contributed by atoms with van der Waals surface area (Å²) < 4.78 is 4.97. The van der Waals surface area contributed by atoms with Crippen LogP contribution in [-0.2, 0) is 13.6 Å². The van der Waals surface area contributed by atoms with Crippen LogP contribution in [0.2, 0.25) is 0 Å². The van der Waals surface area contributed by atoms with Crippen LogP contribution in [0.5, 0.6) is 0 Å². The number of aromatic nitrogens is 3. The highest BCUT2D eigenvalue weighted by atomic mass is 79.9. The van der Waals surface area contributed by atoms with Gasteiger partial charge >= 0.3 is 6.03 Å². The summed E-state index contributed by atoms with van der Waals surface area (Å²) in [6, 6.07) is 11.7. The van der Waals surface area contributed by atoms with E-state index in [-0.39, 0.29) is 6.03 Å². The molecule has 4 rings (SSSR count). The molecule has 26 heavy (non-hydrogen) atoms. The summed E-state index contributed by atoms with van der Waals surface area (Å²) in [7, 11) is 1.99. The lowest BCUT2D eigenvalue weighted by molar-refractivity contribution is 0.255.